The number of rotatable bonds is 3. The molecule has 1 amide bonds. The van der Waals surface area contributed by atoms with Crippen molar-refractivity contribution in [2.24, 2.45) is 5.92 Å². The highest BCUT2D eigenvalue weighted by Crippen LogP contribution is 2.44. The Morgan fingerprint density at radius 2 is 2.41 bits per heavy atom. The van der Waals surface area contributed by atoms with Crippen molar-refractivity contribution in [2.45, 2.75) is 44.9 Å². The lowest BCUT2D eigenvalue weighted by Crippen LogP contribution is -2.33. The van der Waals surface area contributed by atoms with E-state index in [1.807, 2.05) is 6.92 Å². The third-order valence-corrected chi connectivity index (χ3v) is 4.82. The molecular formula is C13H18N2OS. The lowest BCUT2D eigenvalue weighted by atomic mass is 10.3. The van der Waals surface area contributed by atoms with Crippen LogP contribution in [0.2, 0.25) is 0 Å². The van der Waals surface area contributed by atoms with Crippen molar-refractivity contribution in [3.05, 3.63) is 22.4 Å². The first-order chi connectivity index (χ1) is 8.22. The Hall–Kier alpha value is -0.870. The summed E-state index contributed by atoms with van der Waals surface area (Å²) in [5, 5.41) is 5.49. The zero-order valence-corrected chi connectivity index (χ0v) is 11.0. The van der Waals surface area contributed by atoms with Gasteiger partial charge in [0.1, 0.15) is 6.17 Å². The van der Waals surface area contributed by atoms with Crippen molar-refractivity contribution in [3.8, 4) is 0 Å². The van der Waals surface area contributed by atoms with Crippen LogP contribution in [0.5, 0.6) is 0 Å². The van der Waals surface area contributed by atoms with E-state index in [1.165, 1.54) is 17.7 Å². The van der Waals surface area contributed by atoms with Gasteiger partial charge < -0.3 is 4.90 Å². The Morgan fingerprint density at radius 1 is 1.59 bits per heavy atom. The molecule has 1 aromatic heterocycles. The van der Waals surface area contributed by atoms with Gasteiger partial charge in [0.05, 0.1) is 6.04 Å². The predicted molar refractivity (Wildman–Crippen MR) is 68.7 cm³/mol. The van der Waals surface area contributed by atoms with Gasteiger partial charge in [-0.3, -0.25) is 10.1 Å². The van der Waals surface area contributed by atoms with E-state index in [4.69, 9.17) is 0 Å². The Balaban J connectivity index is 1.85. The summed E-state index contributed by atoms with van der Waals surface area (Å²) in [5.74, 6) is 0.984. The summed E-state index contributed by atoms with van der Waals surface area (Å²) in [6.07, 6.45) is 2.47. The molecule has 2 heterocycles. The quantitative estimate of drug-likeness (QED) is 0.893. The molecule has 1 aliphatic heterocycles. The van der Waals surface area contributed by atoms with Crippen LogP contribution < -0.4 is 5.32 Å². The Bertz CT molecular complexity index is 417. The summed E-state index contributed by atoms with van der Waals surface area (Å²) in [7, 11) is 0. The van der Waals surface area contributed by atoms with Crippen molar-refractivity contribution in [1.82, 2.24) is 10.2 Å². The third-order valence-electron chi connectivity index (χ3n) is 3.89. The second kappa shape index (κ2) is 4.10. The van der Waals surface area contributed by atoms with Gasteiger partial charge in [0.2, 0.25) is 5.91 Å². The molecule has 2 aliphatic rings. The highest BCUT2D eigenvalue weighted by atomic mass is 32.1. The minimum Gasteiger partial charge on any atom is -0.317 e. The maximum absolute atomic E-state index is 12.2. The Kier molecular flexibility index (Phi) is 2.71. The minimum atomic E-state index is -0.0415. The van der Waals surface area contributed by atoms with E-state index in [1.54, 1.807) is 11.3 Å². The van der Waals surface area contributed by atoms with Gasteiger partial charge in [0.15, 0.2) is 0 Å². The summed E-state index contributed by atoms with van der Waals surface area (Å²) in [6.45, 7) is 4.18. The van der Waals surface area contributed by atoms with Gasteiger partial charge in [0.25, 0.3) is 0 Å². The third kappa shape index (κ3) is 1.79. The lowest BCUT2D eigenvalue weighted by molar-refractivity contribution is -0.130. The number of amides is 1. The van der Waals surface area contributed by atoms with Gasteiger partial charge in [-0.05, 0) is 30.7 Å². The van der Waals surface area contributed by atoms with Crippen molar-refractivity contribution < 1.29 is 4.79 Å². The molecule has 1 N–H and O–H groups in total. The molecule has 4 heteroatoms. The molecule has 92 valence electrons. The van der Waals surface area contributed by atoms with Gasteiger partial charge in [-0.2, -0.15) is 0 Å². The summed E-state index contributed by atoms with van der Waals surface area (Å²) in [4.78, 5) is 15.6. The average molecular weight is 250 g/mol. The smallest absolute Gasteiger partial charge is 0.241 e. The summed E-state index contributed by atoms with van der Waals surface area (Å²) >= 11 is 1.73. The average Bonchev–Trinajstić information content (AvgIpc) is 2.77. The second-order valence-corrected chi connectivity index (χ2v) is 6.00. The van der Waals surface area contributed by atoms with E-state index in [0.29, 0.717) is 12.0 Å². The molecule has 0 radical (unpaired) electrons. The normalized spacial score (nSPS) is 36.6. The first-order valence-corrected chi connectivity index (χ1v) is 7.22. The summed E-state index contributed by atoms with van der Waals surface area (Å²) in [5.41, 5.74) is 0. The predicted octanol–water partition coefficient (Wildman–Crippen LogP) is 2.37. The summed E-state index contributed by atoms with van der Waals surface area (Å²) < 4.78 is 0. The minimum absolute atomic E-state index is 0.0415. The monoisotopic (exact) mass is 250 g/mol. The van der Waals surface area contributed by atoms with E-state index in [9.17, 15) is 4.79 Å². The van der Waals surface area contributed by atoms with Crippen LogP contribution >= 0.6 is 11.3 Å². The molecule has 0 aromatic carbocycles. The zero-order chi connectivity index (χ0) is 12.0. The fourth-order valence-corrected chi connectivity index (χ4v) is 3.55. The number of carbonyl (C=O) groups excluding carboxylic acids is 1. The number of hydrogen-bond donors (Lipinski definition) is 1. The number of nitrogens with one attached hydrogen (secondary N) is 1. The highest BCUT2D eigenvalue weighted by Gasteiger charge is 2.50. The van der Waals surface area contributed by atoms with Gasteiger partial charge >= 0.3 is 0 Å². The van der Waals surface area contributed by atoms with E-state index < -0.39 is 0 Å². The molecule has 4 unspecified atom stereocenters. The van der Waals surface area contributed by atoms with E-state index >= 15 is 0 Å². The van der Waals surface area contributed by atoms with Gasteiger partial charge in [-0.15, -0.1) is 11.3 Å². The largest absolute Gasteiger partial charge is 0.317 e. The Morgan fingerprint density at radius 3 is 3.00 bits per heavy atom. The Labute approximate surface area is 106 Å². The number of hydrogen-bond acceptors (Lipinski definition) is 3. The number of carbonyl (C=O) groups is 1. The molecule has 4 atom stereocenters. The molecule has 3 rings (SSSR count). The van der Waals surface area contributed by atoms with Crippen LogP contribution in [0.3, 0.4) is 0 Å². The van der Waals surface area contributed by atoms with Crippen molar-refractivity contribution >= 4 is 17.2 Å². The van der Waals surface area contributed by atoms with Crippen LogP contribution in [-0.4, -0.2) is 22.9 Å². The first kappa shape index (κ1) is 11.2. The van der Waals surface area contributed by atoms with Crippen LogP contribution in [0.25, 0.3) is 0 Å². The summed E-state index contributed by atoms with van der Waals surface area (Å²) in [6, 6.07) is 4.60. The molecule has 2 fully saturated rings. The number of nitrogens with zero attached hydrogens (tertiary/aromatic N) is 1. The van der Waals surface area contributed by atoms with Crippen LogP contribution in [0.1, 0.15) is 37.7 Å². The topological polar surface area (TPSA) is 32.3 Å². The molecule has 0 spiro atoms. The van der Waals surface area contributed by atoms with Crippen LogP contribution in [0.15, 0.2) is 17.5 Å². The van der Waals surface area contributed by atoms with E-state index in [0.717, 1.165) is 0 Å². The second-order valence-electron chi connectivity index (χ2n) is 5.02. The van der Waals surface area contributed by atoms with Crippen molar-refractivity contribution in [3.63, 3.8) is 0 Å². The fourth-order valence-electron chi connectivity index (χ4n) is 2.77. The molecule has 1 aliphatic carbocycles. The van der Waals surface area contributed by atoms with Crippen LogP contribution in [0, 0.1) is 5.92 Å². The lowest BCUT2D eigenvalue weighted by Gasteiger charge is -2.23. The van der Waals surface area contributed by atoms with Crippen molar-refractivity contribution in [2.75, 3.05) is 0 Å². The number of thiophene rings is 1. The van der Waals surface area contributed by atoms with Gasteiger partial charge in [-0.1, -0.05) is 19.4 Å². The molecule has 17 heavy (non-hydrogen) atoms. The van der Waals surface area contributed by atoms with E-state index in [-0.39, 0.29) is 18.1 Å². The van der Waals surface area contributed by atoms with Crippen LogP contribution in [0.4, 0.5) is 0 Å². The van der Waals surface area contributed by atoms with Crippen molar-refractivity contribution in [1.29, 1.82) is 0 Å². The molecular weight excluding hydrogens is 232 g/mol. The molecule has 3 nitrogen and oxygen atoms in total. The maximum Gasteiger partial charge on any atom is 0.241 e. The van der Waals surface area contributed by atoms with Gasteiger partial charge in [-0.25, -0.2) is 0 Å². The molecule has 1 aromatic rings. The zero-order valence-electron chi connectivity index (χ0n) is 10.2. The molecule has 1 saturated carbocycles. The highest BCUT2D eigenvalue weighted by molar-refractivity contribution is 7.10. The standard InChI is InChI=1S/C13H18N2OS/c1-3-9-7-10(9)15-12(11-5-4-6-17-11)14-8(2)13(15)16/h4-6,8-10,12,14H,3,7H2,1-2H3. The first-order valence-electron chi connectivity index (χ1n) is 6.34. The van der Waals surface area contributed by atoms with E-state index in [2.05, 4.69) is 34.7 Å². The SMILES string of the molecule is CCC1CC1N1C(=O)C(C)NC1c1cccs1. The van der Waals surface area contributed by atoms with Crippen LogP contribution in [-0.2, 0) is 4.79 Å². The molecule has 1 saturated heterocycles. The molecule has 0 bridgehead atoms. The van der Waals surface area contributed by atoms with Gasteiger partial charge in [0, 0.05) is 10.9 Å². The maximum atomic E-state index is 12.2. The fraction of sp³-hybridized carbons (Fsp3) is 0.615.